The molecule has 0 bridgehead atoms. The Morgan fingerprint density at radius 3 is 2.62 bits per heavy atom. The van der Waals surface area contributed by atoms with Gasteiger partial charge in [-0.05, 0) is 11.4 Å². The van der Waals surface area contributed by atoms with E-state index in [9.17, 15) is 20.1 Å². The predicted octanol–water partition coefficient (Wildman–Crippen LogP) is 1.69. The number of rotatable bonds is 3. The maximum absolute atomic E-state index is 12.5. The van der Waals surface area contributed by atoms with Gasteiger partial charge in [-0.15, -0.1) is 11.3 Å². The number of hydrogen-bond donors (Lipinski definition) is 2. The minimum atomic E-state index is -1.11. The van der Waals surface area contributed by atoms with Gasteiger partial charge in [0.05, 0.1) is 40.7 Å². The first-order valence-corrected chi connectivity index (χ1v) is 8.55. The number of carbonyl (C=O) groups excluding carboxylic acids is 1. The van der Waals surface area contributed by atoms with E-state index in [-0.39, 0.29) is 23.4 Å². The Morgan fingerprint density at radius 1 is 1.38 bits per heavy atom. The van der Waals surface area contributed by atoms with Crippen LogP contribution in [0.4, 0.5) is 0 Å². The third-order valence-electron chi connectivity index (χ3n) is 3.71. The summed E-state index contributed by atoms with van der Waals surface area (Å²) in [4.78, 5) is 25.3. The summed E-state index contributed by atoms with van der Waals surface area (Å²) >= 11 is 2.40. The minimum absolute atomic E-state index is 0.0321. The molecule has 1 aromatic rings. The van der Waals surface area contributed by atoms with E-state index < -0.39 is 23.0 Å². The van der Waals surface area contributed by atoms with Gasteiger partial charge in [-0.25, -0.2) is 0 Å². The van der Waals surface area contributed by atoms with Crippen LogP contribution in [0.25, 0.3) is 0 Å². The number of hydrogen-bond acceptors (Lipinski definition) is 7. The highest BCUT2D eigenvalue weighted by Crippen LogP contribution is 2.50. The summed E-state index contributed by atoms with van der Waals surface area (Å²) in [5, 5.41) is 29.4. The number of fused-ring (bicyclic) bond motifs is 1. The molecule has 1 aromatic heterocycles. The van der Waals surface area contributed by atoms with Gasteiger partial charge in [0, 0.05) is 4.88 Å². The highest BCUT2D eigenvalue weighted by Gasteiger charge is 2.47. The molecule has 9 heteroatoms. The van der Waals surface area contributed by atoms with Crippen molar-refractivity contribution in [1.29, 1.82) is 10.5 Å². The second-order valence-corrected chi connectivity index (χ2v) is 7.24. The Bertz CT molecular complexity index is 874. The van der Waals surface area contributed by atoms with Crippen LogP contribution in [0.3, 0.4) is 0 Å². The molecule has 7 nitrogen and oxygen atoms in total. The summed E-state index contributed by atoms with van der Waals surface area (Å²) in [6.07, 6.45) is -0.374. The van der Waals surface area contributed by atoms with Crippen molar-refractivity contribution in [3.8, 4) is 12.1 Å². The lowest BCUT2D eigenvalue weighted by Gasteiger charge is -2.29. The number of nitrogens with two attached hydrogens (primary N) is 1. The van der Waals surface area contributed by atoms with Crippen LogP contribution in [0, 0.1) is 22.7 Å². The molecule has 120 valence electrons. The van der Waals surface area contributed by atoms with Crippen LogP contribution in [0.15, 0.2) is 39.5 Å². The van der Waals surface area contributed by atoms with Crippen molar-refractivity contribution in [2.45, 2.75) is 17.6 Å². The van der Waals surface area contributed by atoms with Gasteiger partial charge >= 0.3 is 5.97 Å². The lowest BCUT2D eigenvalue weighted by molar-refractivity contribution is -0.139. The Balaban J connectivity index is 2.17. The fraction of sp³-hybridized carbons (Fsp3) is 0.200. The number of amides is 1. The largest absolute Gasteiger partial charge is 0.481 e. The first-order valence-electron chi connectivity index (χ1n) is 6.79. The molecule has 3 heterocycles. The number of thioether (sulfide) groups is 1. The van der Waals surface area contributed by atoms with Crippen LogP contribution in [-0.2, 0) is 9.59 Å². The normalized spacial score (nSPS) is 23.1. The molecule has 0 spiro atoms. The van der Waals surface area contributed by atoms with E-state index in [2.05, 4.69) is 6.07 Å². The highest BCUT2D eigenvalue weighted by molar-refractivity contribution is 8.04. The van der Waals surface area contributed by atoms with E-state index in [1.807, 2.05) is 11.4 Å². The zero-order chi connectivity index (χ0) is 17.4. The van der Waals surface area contributed by atoms with Crippen molar-refractivity contribution >= 4 is 35.0 Å². The number of nitrogens with zero attached hydrogens (tertiary/aromatic N) is 3. The van der Waals surface area contributed by atoms with Gasteiger partial charge in [-0.2, -0.15) is 10.5 Å². The zero-order valence-electron chi connectivity index (χ0n) is 12.1. The number of thiophene rings is 1. The molecular formula is C15H10N4O3S2. The lowest BCUT2D eigenvalue weighted by Crippen LogP contribution is -2.37. The molecule has 0 radical (unpaired) electrons. The van der Waals surface area contributed by atoms with Crippen molar-refractivity contribution in [2.24, 2.45) is 5.73 Å². The van der Waals surface area contributed by atoms with E-state index in [4.69, 9.17) is 10.8 Å². The maximum atomic E-state index is 12.5. The van der Waals surface area contributed by atoms with E-state index in [1.165, 1.54) is 11.3 Å². The Hall–Kier alpha value is -2.75. The monoisotopic (exact) mass is 358 g/mol. The van der Waals surface area contributed by atoms with E-state index in [0.717, 1.165) is 21.5 Å². The third kappa shape index (κ3) is 2.35. The second-order valence-electron chi connectivity index (χ2n) is 5.07. The number of carbonyl (C=O) groups is 2. The number of allylic oxidation sites excluding steroid dienone is 2. The van der Waals surface area contributed by atoms with E-state index in [1.54, 1.807) is 12.1 Å². The summed E-state index contributed by atoms with van der Waals surface area (Å²) in [6.45, 7) is 0. The molecule has 2 atom stereocenters. The number of aliphatic carboxylic acids is 1. The number of nitriles is 2. The van der Waals surface area contributed by atoms with Crippen LogP contribution in [-0.4, -0.2) is 27.1 Å². The summed E-state index contributed by atoms with van der Waals surface area (Å²) < 4.78 is 0. The standard InChI is InChI=1S/C15H10N4O3S2/c16-5-7-12(9-2-1-3-23-9)8(6-17)15-19(13(7)18)14(22)10(24-15)4-11(20)21/h1-3,10,12H,4,18H2,(H,20,21). The van der Waals surface area contributed by atoms with Crippen LogP contribution in [0.2, 0.25) is 0 Å². The Kier molecular flexibility index (Phi) is 4.06. The molecule has 2 aliphatic rings. The topological polar surface area (TPSA) is 131 Å². The minimum Gasteiger partial charge on any atom is -0.481 e. The summed E-state index contributed by atoms with van der Waals surface area (Å²) in [6, 6.07) is 7.68. The molecule has 24 heavy (non-hydrogen) atoms. The molecule has 0 saturated carbocycles. The molecule has 0 aliphatic carbocycles. The Morgan fingerprint density at radius 2 is 2.08 bits per heavy atom. The molecule has 3 rings (SSSR count). The van der Waals surface area contributed by atoms with Crippen LogP contribution >= 0.6 is 23.1 Å². The third-order valence-corrected chi connectivity index (χ3v) is 5.92. The number of carboxylic acids is 1. The van der Waals surface area contributed by atoms with Crippen LogP contribution in [0.1, 0.15) is 17.2 Å². The SMILES string of the molecule is N#CC1=C(N)N2C(=O)C(CC(=O)O)SC2=C(C#N)C1c1cccs1. The van der Waals surface area contributed by atoms with Gasteiger partial charge in [-0.3, -0.25) is 14.5 Å². The van der Waals surface area contributed by atoms with Crippen molar-refractivity contribution in [2.75, 3.05) is 0 Å². The van der Waals surface area contributed by atoms with E-state index >= 15 is 0 Å². The van der Waals surface area contributed by atoms with Crippen molar-refractivity contribution in [3.05, 3.63) is 44.4 Å². The predicted molar refractivity (Wildman–Crippen MR) is 87.0 cm³/mol. The van der Waals surface area contributed by atoms with Gasteiger partial charge in [0.1, 0.15) is 11.1 Å². The van der Waals surface area contributed by atoms with Crippen LogP contribution in [0.5, 0.6) is 0 Å². The summed E-state index contributed by atoms with van der Waals surface area (Å²) in [5.74, 6) is -2.29. The molecular weight excluding hydrogens is 348 g/mol. The fourth-order valence-electron chi connectivity index (χ4n) is 2.69. The zero-order valence-corrected chi connectivity index (χ0v) is 13.7. The van der Waals surface area contributed by atoms with Crippen molar-refractivity contribution in [1.82, 2.24) is 4.90 Å². The molecule has 1 fully saturated rings. The van der Waals surface area contributed by atoms with Gasteiger partial charge < -0.3 is 10.8 Å². The van der Waals surface area contributed by atoms with Gasteiger partial charge in [0.25, 0.3) is 0 Å². The summed E-state index contributed by atoms with van der Waals surface area (Å²) in [5.41, 5.74) is 6.41. The average molecular weight is 358 g/mol. The quantitative estimate of drug-likeness (QED) is 0.840. The number of carboxylic acid groups (broad SMARTS) is 1. The van der Waals surface area contributed by atoms with Gasteiger partial charge in [0.15, 0.2) is 0 Å². The second kappa shape index (κ2) is 6.04. The first-order chi connectivity index (χ1) is 11.5. The molecule has 0 aromatic carbocycles. The lowest BCUT2D eigenvalue weighted by atomic mass is 9.88. The fourth-order valence-corrected chi connectivity index (χ4v) is 4.82. The smallest absolute Gasteiger partial charge is 0.305 e. The maximum Gasteiger partial charge on any atom is 0.305 e. The molecule has 1 amide bonds. The first kappa shape index (κ1) is 16.1. The molecule has 2 aliphatic heterocycles. The highest BCUT2D eigenvalue weighted by atomic mass is 32.2. The van der Waals surface area contributed by atoms with Gasteiger partial charge in [-0.1, -0.05) is 17.8 Å². The Labute approximate surface area is 145 Å². The van der Waals surface area contributed by atoms with Crippen molar-refractivity contribution < 1.29 is 14.7 Å². The summed E-state index contributed by atoms with van der Waals surface area (Å²) in [7, 11) is 0. The molecule has 3 N–H and O–H groups in total. The molecule has 1 saturated heterocycles. The van der Waals surface area contributed by atoms with Crippen molar-refractivity contribution in [3.63, 3.8) is 0 Å². The average Bonchev–Trinajstić information content (AvgIpc) is 3.16. The van der Waals surface area contributed by atoms with Crippen LogP contribution < -0.4 is 5.73 Å². The van der Waals surface area contributed by atoms with Gasteiger partial charge in [0.2, 0.25) is 5.91 Å². The van der Waals surface area contributed by atoms with E-state index in [0.29, 0.717) is 5.03 Å². The molecule has 2 unspecified atom stereocenters.